The number of aliphatic hydroxyl groups is 1. The topological polar surface area (TPSA) is 37.2 Å². The van der Waals surface area contributed by atoms with E-state index < -0.39 is 6.10 Å². The minimum Gasteiger partial charge on any atom is -0.389 e. The molecule has 28 heavy (non-hydrogen) atoms. The zero-order valence-electron chi connectivity index (χ0n) is 15.2. The molecule has 0 bridgehead atoms. The molecule has 0 fully saturated rings. The SMILES string of the molecule is Cc1ccc(NC[C@@H](O)Cn2c3ccc(I)cc3c3cc(I)ccc32)cc1Cl. The summed E-state index contributed by atoms with van der Waals surface area (Å²) in [6.45, 7) is 2.95. The van der Waals surface area contributed by atoms with Crippen LogP contribution in [0.25, 0.3) is 21.8 Å². The first-order valence-corrected chi connectivity index (χ1v) is 11.5. The Balaban J connectivity index is 1.62. The van der Waals surface area contributed by atoms with Crippen LogP contribution in [0.5, 0.6) is 0 Å². The monoisotopic (exact) mass is 616 g/mol. The van der Waals surface area contributed by atoms with E-state index in [1.807, 2.05) is 25.1 Å². The molecule has 4 rings (SSSR count). The Morgan fingerprint density at radius 2 is 1.57 bits per heavy atom. The molecule has 0 amide bonds. The molecule has 0 aliphatic rings. The second-order valence-corrected chi connectivity index (χ2v) is 9.83. The maximum atomic E-state index is 10.7. The lowest BCUT2D eigenvalue weighted by Crippen LogP contribution is -2.24. The van der Waals surface area contributed by atoms with Crippen LogP contribution in [0, 0.1) is 14.1 Å². The number of hydrogen-bond acceptors (Lipinski definition) is 2. The first-order chi connectivity index (χ1) is 13.4. The number of benzene rings is 3. The molecule has 2 N–H and O–H groups in total. The van der Waals surface area contributed by atoms with Crippen molar-refractivity contribution in [3.8, 4) is 0 Å². The molecule has 3 nitrogen and oxygen atoms in total. The Kier molecular flexibility index (Phi) is 6.06. The molecule has 0 spiro atoms. The lowest BCUT2D eigenvalue weighted by atomic mass is 10.2. The fourth-order valence-electron chi connectivity index (χ4n) is 3.46. The van der Waals surface area contributed by atoms with Crippen LogP contribution in [0.1, 0.15) is 5.56 Å². The number of aromatic nitrogens is 1. The van der Waals surface area contributed by atoms with Crippen LogP contribution in [0.15, 0.2) is 54.6 Å². The van der Waals surface area contributed by atoms with Crippen molar-refractivity contribution in [2.75, 3.05) is 11.9 Å². The molecule has 0 saturated carbocycles. The van der Waals surface area contributed by atoms with Gasteiger partial charge in [0.15, 0.2) is 0 Å². The number of aliphatic hydroxyl groups excluding tert-OH is 1. The van der Waals surface area contributed by atoms with Crippen LogP contribution >= 0.6 is 56.8 Å². The van der Waals surface area contributed by atoms with Crippen LogP contribution < -0.4 is 5.32 Å². The third kappa shape index (κ3) is 4.13. The van der Waals surface area contributed by atoms with E-state index >= 15 is 0 Å². The minimum absolute atomic E-state index is 0.454. The summed E-state index contributed by atoms with van der Waals surface area (Å²) in [6, 6.07) is 18.8. The predicted molar refractivity (Wildman–Crippen MR) is 136 cm³/mol. The van der Waals surface area contributed by atoms with Crippen LogP contribution in [-0.2, 0) is 6.54 Å². The molecule has 1 heterocycles. The molecule has 0 aliphatic heterocycles. The number of nitrogens with one attached hydrogen (secondary N) is 1. The van der Waals surface area contributed by atoms with Crippen molar-refractivity contribution in [2.45, 2.75) is 19.6 Å². The summed E-state index contributed by atoms with van der Waals surface area (Å²) in [5.41, 5.74) is 4.26. The first-order valence-electron chi connectivity index (χ1n) is 8.97. The van der Waals surface area contributed by atoms with Crippen molar-refractivity contribution in [1.29, 1.82) is 0 Å². The van der Waals surface area contributed by atoms with Crippen LogP contribution in [0.2, 0.25) is 5.02 Å². The summed E-state index contributed by atoms with van der Waals surface area (Å²) in [5, 5.41) is 17.2. The molecule has 0 aliphatic carbocycles. The highest BCUT2D eigenvalue weighted by Gasteiger charge is 2.14. The zero-order chi connectivity index (χ0) is 19.8. The third-order valence-electron chi connectivity index (χ3n) is 4.90. The van der Waals surface area contributed by atoms with Gasteiger partial charge in [0.1, 0.15) is 0 Å². The van der Waals surface area contributed by atoms with Gasteiger partial charge in [-0.15, -0.1) is 0 Å². The molecule has 0 saturated heterocycles. The smallest absolute Gasteiger partial charge is 0.0891 e. The largest absolute Gasteiger partial charge is 0.389 e. The number of nitrogens with zero attached hydrogens (tertiary/aromatic N) is 1. The Hall–Kier alpha value is -1.03. The van der Waals surface area contributed by atoms with E-state index in [0.717, 1.165) is 27.3 Å². The van der Waals surface area contributed by atoms with E-state index in [4.69, 9.17) is 11.6 Å². The van der Waals surface area contributed by atoms with E-state index in [1.165, 1.54) is 17.9 Å². The highest BCUT2D eigenvalue weighted by Crippen LogP contribution is 2.31. The van der Waals surface area contributed by atoms with Gasteiger partial charge in [-0.05, 0) is 106 Å². The molecule has 6 heteroatoms. The summed E-state index contributed by atoms with van der Waals surface area (Å²) >= 11 is 10.9. The Morgan fingerprint density at radius 1 is 0.964 bits per heavy atom. The van der Waals surface area contributed by atoms with Gasteiger partial charge in [-0.25, -0.2) is 0 Å². The van der Waals surface area contributed by atoms with Gasteiger partial charge in [-0.1, -0.05) is 17.7 Å². The molecule has 1 atom stereocenters. The number of hydrogen-bond donors (Lipinski definition) is 2. The molecule has 1 aromatic heterocycles. The van der Waals surface area contributed by atoms with E-state index in [1.54, 1.807) is 0 Å². The third-order valence-corrected chi connectivity index (χ3v) is 6.65. The number of aryl methyl sites for hydroxylation is 1. The van der Waals surface area contributed by atoms with Gasteiger partial charge < -0.3 is 15.0 Å². The van der Waals surface area contributed by atoms with E-state index in [-0.39, 0.29) is 0 Å². The number of halogens is 3. The van der Waals surface area contributed by atoms with E-state index in [0.29, 0.717) is 13.1 Å². The second kappa shape index (κ2) is 8.38. The molecule has 4 aromatic rings. The van der Waals surface area contributed by atoms with Crippen LogP contribution in [0.4, 0.5) is 5.69 Å². The van der Waals surface area contributed by atoms with Crippen LogP contribution in [0.3, 0.4) is 0 Å². The van der Waals surface area contributed by atoms with Gasteiger partial charge in [0.05, 0.1) is 12.6 Å². The quantitative estimate of drug-likeness (QED) is 0.254. The Bertz CT molecular complexity index is 1110. The minimum atomic E-state index is -0.530. The molecule has 3 aromatic carbocycles. The van der Waals surface area contributed by atoms with Crippen molar-refractivity contribution in [3.05, 3.63) is 72.3 Å². The van der Waals surface area contributed by atoms with Gasteiger partial charge in [0, 0.05) is 46.2 Å². The summed E-state index contributed by atoms with van der Waals surface area (Å²) in [5.74, 6) is 0. The summed E-state index contributed by atoms with van der Waals surface area (Å²) in [4.78, 5) is 0. The molecular weight excluding hydrogens is 598 g/mol. The normalized spacial score (nSPS) is 12.6. The fourth-order valence-corrected chi connectivity index (χ4v) is 4.62. The van der Waals surface area contributed by atoms with Gasteiger partial charge >= 0.3 is 0 Å². The number of anilines is 1. The van der Waals surface area contributed by atoms with Gasteiger partial charge in [-0.3, -0.25) is 0 Å². The van der Waals surface area contributed by atoms with Crippen molar-refractivity contribution < 1.29 is 5.11 Å². The highest BCUT2D eigenvalue weighted by molar-refractivity contribution is 14.1. The second-order valence-electron chi connectivity index (χ2n) is 6.93. The Morgan fingerprint density at radius 3 is 2.14 bits per heavy atom. The van der Waals surface area contributed by atoms with Crippen molar-refractivity contribution >= 4 is 84.3 Å². The molecule has 144 valence electrons. The maximum Gasteiger partial charge on any atom is 0.0891 e. The van der Waals surface area contributed by atoms with E-state index in [2.05, 4.69) is 91.5 Å². The van der Waals surface area contributed by atoms with Gasteiger partial charge in [0.2, 0.25) is 0 Å². The molecule has 0 radical (unpaired) electrons. The lowest BCUT2D eigenvalue weighted by Gasteiger charge is -2.16. The number of rotatable bonds is 5. The zero-order valence-corrected chi connectivity index (χ0v) is 20.3. The Labute approximate surface area is 196 Å². The highest BCUT2D eigenvalue weighted by atomic mass is 127. The standard InChI is InChI=1S/C22H19ClI2N2O/c1-13-2-5-16(10-20(13)23)26-11-17(28)12-27-21-6-3-14(24)8-18(21)19-9-15(25)4-7-22(19)27/h2-10,17,26,28H,11-12H2,1H3/t17-/m1/s1. The van der Waals surface area contributed by atoms with Gasteiger partial charge in [0.25, 0.3) is 0 Å². The van der Waals surface area contributed by atoms with Crippen molar-refractivity contribution in [3.63, 3.8) is 0 Å². The maximum absolute atomic E-state index is 10.7. The first kappa shape index (κ1) is 20.3. The van der Waals surface area contributed by atoms with Crippen LogP contribution in [-0.4, -0.2) is 22.3 Å². The van der Waals surface area contributed by atoms with Crippen molar-refractivity contribution in [1.82, 2.24) is 4.57 Å². The number of fused-ring (bicyclic) bond motifs is 3. The van der Waals surface area contributed by atoms with Gasteiger partial charge in [-0.2, -0.15) is 0 Å². The summed E-state index contributed by atoms with van der Waals surface area (Å²) in [7, 11) is 0. The summed E-state index contributed by atoms with van der Waals surface area (Å²) in [6.07, 6.45) is -0.530. The average Bonchev–Trinajstić information content (AvgIpc) is 2.95. The average molecular weight is 617 g/mol. The summed E-state index contributed by atoms with van der Waals surface area (Å²) < 4.78 is 4.63. The molecule has 0 unspecified atom stereocenters. The predicted octanol–water partition coefficient (Wildman–Crippen LogP) is 6.44. The lowest BCUT2D eigenvalue weighted by molar-refractivity contribution is 0.169. The molecular formula is C22H19ClI2N2O. The van der Waals surface area contributed by atoms with E-state index in [9.17, 15) is 5.11 Å². The van der Waals surface area contributed by atoms with Crippen molar-refractivity contribution in [2.24, 2.45) is 0 Å². The fraction of sp³-hybridized carbons (Fsp3) is 0.182.